The molecule has 374 valence electrons. The number of phenols is 1. The lowest BCUT2D eigenvalue weighted by Crippen LogP contribution is -2.58. The van der Waals surface area contributed by atoms with Gasteiger partial charge in [-0.1, -0.05) is 69.0 Å². The van der Waals surface area contributed by atoms with Crippen molar-refractivity contribution in [3.8, 4) is 28.0 Å². The van der Waals surface area contributed by atoms with Crippen LogP contribution in [0.4, 0.5) is 9.52 Å². The van der Waals surface area contributed by atoms with Crippen molar-refractivity contribution in [3.63, 3.8) is 0 Å². The molecule has 7 rings (SSSR count). The second kappa shape index (κ2) is 23.6. The maximum absolute atomic E-state index is 14.4. The number of unbranched alkanes of at least 4 members (excludes halogenated alkanes) is 1. The quantitative estimate of drug-likeness (QED) is 0.0435. The lowest BCUT2D eigenvalue weighted by molar-refractivity contribution is -0.144. The first-order valence-corrected chi connectivity index (χ1v) is 25.1. The molecule has 1 fully saturated rings. The minimum atomic E-state index is -1.36. The number of fused-ring (bicyclic) bond motifs is 1. The van der Waals surface area contributed by atoms with Crippen LogP contribution in [0, 0.1) is 30.0 Å². The summed E-state index contributed by atoms with van der Waals surface area (Å²) in [7, 11) is 0. The Morgan fingerprint density at radius 3 is 2.46 bits per heavy atom. The zero-order valence-electron chi connectivity index (χ0n) is 40.2. The first kappa shape index (κ1) is 52.3. The summed E-state index contributed by atoms with van der Waals surface area (Å²) in [5.74, 6) is 2.67. The molecular weight excluding hydrogens is 950 g/mol. The molecule has 1 saturated heterocycles. The number of carbonyl (C=O) groups is 5. The number of hydrogen-bond donors (Lipinski definition) is 5. The number of amides is 5. The van der Waals surface area contributed by atoms with Gasteiger partial charge in [0.25, 0.3) is 11.8 Å². The number of nitrogens with one attached hydrogen (secondary N) is 3. The number of aromatic nitrogens is 2. The summed E-state index contributed by atoms with van der Waals surface area (Å²) in [5, 5.41) is 31.8. The molecule has 5 atom stereocenters. The fourth-order valence-electron chi connectivity index (χ4n) is 8.52. The van der Waals surface area contributed by atoms with E-state index >= 15 is 0 Å². The molecule has 5 aromatic rings. The standard InChI is InChI=1S/C52H58FN7O9S2/c1-31(33-14-16-35(17-15-33)45-32(2)55-30-71-45)56-47(64)40-26-38(61)28-59(40)50(67)46(52(3,4)5)57-42(63)29-69-23-10-22-68-21-8-6-7-11-34-12-9-13-36-27-60(49(66)43(34)36)44(39-25-37(53)18-19-41(39)62)48(65)58-51-54-20-24-70-51/h9,12-20,24-25,30-31,38,40,44,46,61-62H,6,8,10,21-23,26-29H2,1-5H3,(H,56,64)(H,57,63)(H,54,58,65)/t31-,38-,40+,44?,46+/m0/s1. The van der Waals surface area contributed by atoms with Gasteiger partial charge in [-0.05, 0) is 73.1 Å². The molecule has 0 radical (unpaired) electrons. The van der Waals surface area contributed by atoms with Crippen LogP contribution in [0.1, 0.15) is 104 Å². The summed E-state index contributed by atoms with van der Waals surface area (Å²) < 4.78 is 25.8. The van der Waals surface area contributed by atoms with E-state index in [4.69, 9.17) is 9.47 Å². The van der Waals surface area contributed by atoms with E-state index in [-0.39, 0.29) is 55.2 Å². The largest absolute Gasteiger partial charge is 0.508 e. The highest BCUT2D eigenvalue weighted by Crippen LogP contribution is 2.38. The molecule has 5 N–H and O–H groups in total. The minimum Gasteiger partial charge on any atom is -0.508 e. The molecule has 2 aromatic heterocycles. The van der Waals surface area contributed by atoms with Gasteiger partial charge in [0.2, 0.25) is 17.7 Å². The molecule has 0 aliphatic carbocycles. The first-order valence-electron chi connectivity index (χ1n) is 23.3. The van der Waals surface area contributed by atoms with E-state index in [2.05, 4.69) is 37.8 Å². The second-order valence-electron chi connectivity index (χ2n) is 18.5. The molecule has 2 aliphatic heterocycles. The number of benzene rings is 3. The molecule has 2 aliphatic rings. The Hall–Kier alpha value is -6.56. The number of aliphatic hydroxyl groups excluding tert-OH is 1. The van der Waals surface area contributed by atoms with Gasteiger partial charge in [-0.15, -0.1) is 22.7 Å². The number of thiazole rings is 2. The number of likely N-dealkylation sites (tertiary alicyclic amines) is 1. The number of anilines is 1. The van der Waals surface area contributed by atoms with E-state index in [1.807, 2.05) is 58.9 Å². The van der Waals surface area contributed by atoms with Crippen molar-refractivity contribution in [1.82, 2.24) is 30.4 Å². The van der Waals surface area contributed by atoms with Crippen LogP contribution in [-0.2, 0) is 35.2 Å². The number of aliphatic hydroxyl groups is 1. The van der Waals surface area contributed by atoms with Crippen molar-refractivity contribution in [2.24, 2.45) is 5.41 Å². The molecule has 0 spiro atoms. The Kier molecular flexibility index (Phi) is 17.4. The average Bonchev–Trinajstić information content (AvgIpc) is 4.16. The lowest BCUT2D eigenvalue weighted by Gasteiger charge is -2.35. The van der Waals surface area contributed by atoms with Gasteiger partial charge in [0.05, 0.1) is 33.8 Å². The summed E-state index contributed by atoms with van der Waals surface area (Å²) in [4.78, 5) is 80.5. The number of β-amino-alcohol motifs (C(OH)–C–C–N with tert-alkyl or cyclic N) is 1. The summed E-state index contributed by atoms with van der Waals surface area (Å²) >= 11 is 2.74. The van der Waals surface area contributed by atoms with Crippen LogP contribution in [0.3, 0.4) is 0 Å². The third-order valence-electron chi connectivity index (χ3n) is 12.2. The first-order chi connectivity index (χ1) is 34.0. The smallest absolute Gasteiger partial charge is 0.256 e. The number of ether oxygens (including phenoxy) is 2. The van der Waals surface area contributed by atoms with Crippen molar-refractivity contribution in [2.45, 2.75) is 97.1 Å². The summed E-state index contributed by atoms with van der Waals surface area (Å²) in [6, 6.07) is 12.7. The molecule has 5 amide bonds. The monoisotopic (exact) mass is 1010 g/mol. The Bertz CT molecular complexity index is 2770. The van der Waals surface area contributed by atoms with Crippen molar-refractivity contribution < 1.29 is 48.0 Å². The fourth-order valence-corrected chi connectivity index (χ4v) is 9.86. The van der Waals surface area contributed by atoms with E-state index in [0.717, 1.165) is 39.9 Å². The Balaban J connectivity index is 0.830. The Morgan fingerprint density at radius 1 is 0.986 bits per heavy atom. The van der Waals surface area contributed by atoms with E-state index in [0.29, 0.717) is 49.2 Å². The Labute approximate surface area is 420 Å². The molecule has 4 heterocycles. The number of aryl methyl sites for hydroxylation is 1. The minimum absolute atomic E-state index is 0.0356. The number of phenolic OH excluding ortho intramolecular Hbond substituents is 1. The SMILES string of the molecule is Cc1ncsc1-c1ccc([C@H](C)NC(=O)[C@H]2C[C@H](O)CN2C(=O)[C@@H](NC(=O)COCCCOCCCC#Cc2cccc3c2C(=O)N(C(C(=O)Nc2nccs2)c2cc(F)ccc2O)C3)C(C)(C)C)cc1. The normalized spacial score (nSPS) is 16.7. The summed E-state index contributed by atoms with van der Waals surface area (Å²) in [6.07, 6.45) is 2.25. The predicted molar refractivity (Wildman–Crippen MR) is 267 cm³/mol. The Morgan fingerprint density at radius 2 is 1.75 bits per heavy atom. The average molecular weight is 1010 g/mol. The highest BCUT2D eigenvalue weighted by Gasteiger charge is 2.45. The third-order valence-corrected chi connectivity index (χ3v) is 13.8. The van der Waals surface area contributed by atoms with Gasteiger partial charge >= 0.3 is 0 Å². The van der Waals surface area contributed by atoms with E-state index in [1.54, 1.807) is 40.4 Å². The topological polar surface area (TPSA) is 213 Å². The molecule has 3 aromatic carbocycles. The van der Waals surface area contributed by atoms with Crippen molar-refractivity contribution in [1.29, 1.82) is 0 Å². The third kappa shape index (κ3) is 13.1. The number of nitrogens with zero attached hydrogens (tertiary/aromatic N) is 4. The van der Waals surface area contributed by atoms with Crippen molar-refractivity contribution in [2.75, 3.05) is 38.3 Å². The molecule has 0 saturated carbocycles. The van der Waals surface area contributed by atoms with Gasteiger partial charge in [-0.2, -0.15) is 0 Å². The van der Waals surface area contributed by atoms with Crippen LogP contribution in [0.2, 0.25) is 0 Å². The zero-order chi connectivity index (χ0) is 50.8. The highest BCUT2D eigenvalue weighted by molar-refractivity contribution is 7.14. The maximum Gasteiger partial charge on any atom is 0.256 e. The number of carbonyl (C=O) groups excluding carboxylic acids is 5. The molecule has 71 heavy (non-hydrogen) atoms. The van der Waals surface area contributed by atoms with Crippen LogP contribution in [-0.4, -0.2) is 111 Å². The van der Waals surface area contributed by atoms with Crippen LogP contribution in [0.15, 0.2) is 77.8 Å². The van der Waals surface area contributed by atoms with Gasteiger partial charge in [0.15, 0.2) is 5.13 Å². The van der Waals surface area contributed by atoms with Gasteiger partial charge < -0.3 is 40.1 Å². The van der Waals surface area contributed by atoms with Gasteiger partial charge in [-0.3, -0.25) is 29.3 Å². The van der Waals surface area contributed by atoms with Gasteiger partial charge in [-0.25, -0.2) is 14.4 Å². The zero-order valence-corrected chi connectivity index (χ0v) is 41.8. The number of hydrogen-bond acceptors (Lipinski definition) is 13. The lowest BCUT2D eigenvalue weighted by atomic mass is 9.85. The maximum atomic E-state index is 14.4. The van der Waals surface area contributed by atoms with Crippen LogP contribution < -0.4 is 16.0 Å². The highest BCUT2D eigenvalue weighted by atomic mass is 32.1. The number of halogens is 1. The van der Waals surface area contributed by atoms with Gasteiger partial charge in [0.1, 0.15) is 36.3 Å². The van der Waals surface area contributed by atoms with Crippen LogP contribution in [0.5, 0.6) is 5.75 Å². The van der Waals surface area contributed by atoms with Crippen molar-refractivity contribution >= 4 is 57.3 Å². The summed E-state index contributed by atoms with van der Waals surface area (Å²) in [6.45, 7) is 9.97. The number of rotatable bonds is 19. The van der Waals surface area contributed by atoms with E-state index in [1.165, 1.54) is 27.3 Å². The molecule has 19 heteroatoms. The summed E-state index contributed by atoms with van der Waals surface area (Å²) in [5.41, 5.74) is 5.33. The van der Waals surface area contributed by atoms with Crippen LogP contribution >= 0.6 is 22.7 Å². The second-order valence-corrected chi connectivity index (χ2v) is 20.3. The number of aromatic hydroxyl groups is 1. The van der Waals surface area contributed by atoms with Crippen LogP contribution in [0.25, 0.3) is 10.4 Å². The van der Waals surface area contributed by atoms with Gasteiger partial charge in [0, 0.05) is 68.5 Å². The molecule has 16 nitrogen and oxygen atoms in total. The predicted octanol–water partition coefficient (Wildman–Crippen LogP) is 6.68. The van der Waals surface area contributed by atoms with E-state index in [9.17, 15) is 38.6 Å². The van der Waals surface area contributed by atoms with Crippen molar-refractivity contribution in [3.05, 3.63) is 117 Å². The van der Waals surface area contributed by atoms with E-state index < -0.39 is 65.0 Å². The molecular formula is C52H58FN7O9S2. The molecule has 1 unspecified atom stereocenters. The molecule has 0 bridgehead atoms. The fraction of sp³-hybridized carbons (Fsp3) is 0.404.